The highest BCUT2D eigenvalue weighted by Gasteiger charge is 2.10. The number of nitrogens with one attached hydrogen (secondary N) is 2. The fraction of sp³-hybridized carbons (Fsp3) is 0.158. The van der Waals surface area contributed by atoms with Gasteiger partial charge >= 0.3 is 0 Å². The Morgan fingerprint density at radius 2 is 1.63 bits per heavy atom. The van der Waals surface area contributed by atoms with E-state index in [2.05, 4.69) is 20.8 Å². The quantitative estimate of drug-likeness (QED) is 0.689. The minimum atomic E-state index is -0.556. The third-order valence-corrected chi connectivity index (χ3v) is 3.84. The van der Waals surface area contributed by atoms with Gasteiger partial charge in [0, 0.05) is 5.56 Å². The van der Waals surface area contributed by atoms with Crippen molar-refractivity contribution < 1.29 is 18.7 Å². The van der Waals surface area contributed by atoms with Gasteiger partial charge in [-0.25, -0.2) is 14.4 Å². The molecule has 2 amide bonds. The van der Waals surface area contributed by atoms with Crippen LogP contribution >= 0.6 is 0 Å². The first-order chi connectivity index (χ1) is 12.9. The molecule has 3 rings (SSSR count). The van der Waals surface area contributed by atoms with Crippen LogP contribution in [0.3, 0.4) is 0 Å². The summed E-state index contributed by atoms with van der Waals surface area (Å²) >= 11 is 0. The van der Waals surface area contributed by atoms with Gasteiger partial charge in [-0.05, 0) is 56.3 Å². The van der Waals surface area contributed by atoms with E-state index in [1.54, 1.807) is 18.2 Å². The van der Waals surface area contributed by atoms with Crippen molar-refractivity contribution in [3.63, 3.8) is 0 Å². The number of carbonyl (C=O) groups is 2. The number of nitrogens with zero attached hydrogens (tertiary/aromatic N) is 2. The lowest BCUT2D eigenvalue weighted by Gasteiger charge is -2.09. The van der Waals surface area contributed by atoms with Crippen molar-refractivity contribution >= 4 is 22.8 Å². The fourth-order valence-electron chi connectivity index (χ4n) is 2.29. The van der Waals surface area contributed by atoms with Gasteiger partial charge in [0.2, 0.25) is 0 Å². The van der Waals surface area contributed by atoms with E-state index in [4.69, 9.17) is 4.74 Å². The maximum Gasteiger partial charge on any atom is 0.276 e. The zero-order valence-electron chi connectivity index (χ0n) is 14.7. The Balaban J connectivity index is 1.56. The molecule has 2 aromatic carbocycles. The maximum atomic E-state index is 12.8. The number of carbonyl (C=O) groups excluding carboxylic acids is 2. The lowest BCUT2D eigenvalue weighted by molar-refractivity contribution is -0.123. The van der Waals surface area contributed by atoms with Crippen LogP contribution in [0.4, 0.5) is 4.39 Å². The SMILES string of the molecule is Cc1nc2ccc(C(=O)NNC(=O)COc3ccc(F)cc3)cc2nc1C. The molecule has 0 fully saturated rings. The Labute approximate surface area is 154 Å². The summed E-state index contributed by atoms with van der Waals surface area (Å²) in [6.45, 7) is 3.38. The Hall–Kier alpha value is -3.55. The molecule has 0 unspecified atom stereocenters. The van der Waals surface area contributed by atoms with E-state index in [0.717, 1.165) is 11.4 Å². The van der Waals surface area contributed by atoms with Crippen LogP contribution in [0.5, 0.6) is 5.75 Å². The molecule has 0 aliphatic carbocycles. The largest absolute Gasteiger partial charge is 0.484 e. The zero-order chi connectivity index (χ0) is 19.4. The minimum Gasteiger partial charge on any atom is -0.484 e. The summed E-state index contributed by atoms with van der Waals surface area (Å²) in [5.74, 6) is -1.10. The second-order valence-corrected chi connectivity index (χ2v) is 5.84. The highest BCUT2D eigenvalue weighted by molar-refractivity contribution is 5.98. The predicted octanol–water partition coefficient (Wildman–Crippen LogP) is 2.23. The summed E-state index contributed by atoms with van der Waals surface area (Å²) in [5, 5.41) is 0. The summed E-state index contributed by atoms with van der Waals surface area (Å²) in [6.07, 6.45) is 0. The van der Waals surface area contributed by atoms with Crippen LogP contribution in [-0.4, -0.2) is 28.4 Å². The van der Waals surface area contributed by atoms with E-state index < -0.39 is 17.6 Å². The molecule has 0 aliphatic rings. The van der Waals surface area contributed by atoms with Gasteiger partial charge < -0.3 is 4.74 Å². The molecule has 0 atom stereocenters. The average Bonchev–Trinajstić information content (AvgIpc) is 2.66. The Bertz CT molecular complexity index is 1010. The lowest BCUT2D eigenvalue weighted by atomic mass is 10.1. The number of aryl methyl sites for hydroxylation is 2. The maximum absolute atomic E-state index is 12.8. The van der Waals surface area contributed by atoms with Crippen molar-refractivity contribution in [1.29, 1.82) is 0 Å². The molecule has 0 spiro atoms. The number of hydrogen-bond acceptors (Lipinski definition) is 5. The molecule has 3 aromatic rings. The van der Waals surface area contributed by atoms with Gasteiger partial charge in [-0.3, -0.25) is 20.4 Å². The van der Waals surface area contributed by atoms with Crippen molar-refractivity contribution in [1.82, 2.24) is 20.8 Å². The molecule has 0 radical (unpaired) electrons. The molecule has 1 heterocycles. The van der Waals surface area contributed by atoms with Gasteiger partial charge in [-0.2, -0.15) is 0 Å². The third-order valence-electron chi connectivity index (χ3n) is 3.84. The number of halogens is 1. The van der Waals surface area contributed by atoms with Crippen LogP contribution in [-0.2, 0) is 4.79 Å². The summed E-state index contributed by atoms with van der Waals surface area (Å²) in [7, 11) is 0. The van der Waals surface area contributed by atoms with Crippen LogP contribution in [0.15, 0.2) is 42.5 Å². The van der Waals surface area contributed by atoms with Gasteiger partial charge in [0.25, 0.3) is 11.8 Å². The number of fused-ring (bicyclic) bond motifs is 1. The lowest BCUT2D eigenvalue weighted by Crippen LogP contribution is -2.43. The van der Waals surface area contributed by atoms with Crippen LogP contribution in [0.25, 0.3) is 11.0 Å². The van der Waals surface area contributed by atoms with Gasteiger partial charge in [0.1, 0.15) is 11.6 Å². The van der Waals surface area contributed by atoms with Gasteiger partial charge in [-0.15, -0.1) is 0 Å². The number of amides is 2. The highest BCUT2D eigenvalue weighted by atomic mass is 19.1. The Kier molecular flexibility index (Phi) is 5.25. The summed E-state index contributed by atoms with van der Waals surface area (Å²) < 4.78 is 18.0. The van der Waals surface area contributed by atoms with Crippen molar-refractivity contribution in [3.8, 4) is 5.75 Å². The second kappa shape index (κ2) is 7.77. The number of ether oxygens (including phenoxy) is 1. The monoisotopic (exact) mass is 368 g/mol. The first-order valence-corrected chi connectivity index (χ1v) is 8.15. The van der Waals surface area contributed by atoms with Gasteiger partial charge in [-0.1, -0.05) is 0 Å². The van der Waals surface area contributed by atoms with Gasteiger partial charge in [0.15, 0.2) is 6.61 Å². The molecular formula is C19H17FN4O3. The van der Waals surface area contributed by atoms with E-state index in [-0.39, 0.29) is 6.61 Å². The van der Waals surface area contributed by atoms with Gasteiger partial charge in [0.05, 0.1) is 22.4 Å². The molecule has 27 heavy (non-hydrogen) atoms. The minimum absolute atomic E-state index is 0.326. The number of rotatable bonds is 4. The summed E-state index contributed by atoms with van der Waals surface area (Å²) in [5.41, 5.74) is 7.79. The molecule has 0 aliphatic heterocycles. The fourth-order valence-corrected chi connectivity index (χ4v) is 2.29. The predicted molar refractivity (Wildman–Crippen MR) is 96.5 cm³/mol. The number of hydrogen-bond donors (Lipinski definition) is 2. The molecule has 0 saturated carbocycles. The molecule has 0 saturated heterocycles. The number of hydrazine groups is 1. The molecule has 1 aromatic heterocycles. The summed E-state index contributed by atoms with van der Waals surface area (Å²) in [4.78, 5) is 32.8. The van der Waals surface area contributed by atoms with Crippen molar-refractivity contribution in [2.24, 2.45) is 0 Å². The first kappa shape index (κ1) is 18.2. The van der Waals surface area contributed by atoms with E-state index in [1.807, 2.05) is 13.8 Å². The molecular weight excluding hydrogens is 351 g/mol. The molecule has 8 heteroatoms. The number of benzene rings is 2. The second-order valence-electron chi connectivity index (χ2n) is 5.84. The molecule has 0 bridgehead atoms. The molecule has 138 valence electrons. The van der Waals surface area contributed by atoms with Crippen molar-refractivity contribution in [2.75, 3.05) is 6.61 Å². The van der Waals surface area contributed by atoms with Crippen molar-refractivity contribution in [3.05, 3.63) is 65.2 Å². The van der Waals surface area contributed by atoms with Crippen molar-refractivity contribution in [2.45, 2.75) is 13.8 Å². The normalized spacial score (nSPS) is 10.5. The van der Waals surface area contributed by atoms with E-state index in [0.29, 0.717) is 22.3 Å². The standard InChI is InChI=1S/C19H17FN4O3/c1-11-12(2)22-17-9-13(3-8-16(17)21-11)19(26)24-23-18(25)10-27-15-6-4-14(20)5-7-15/h3-9H,10H2,1-2H3,(H,23,25)(H,24,26). The number of aromatic nitrogens is 2. The third kappa shape index (κ3) is 4.55. The Morgan fingerprint density at radius 1 is 0.963 bits per heavy atom. The first-order valence-electron chi connectivity index (χ1n) is 8.15. The van der Waals surface area contributed by atoms with Crippen LogP contribution in [0.2, 0.25) is 0 Å². The molecule has 2 N–H and O–H groups in total. The average molecular weight is 368 g/mol. The smallest absolute Gasteiger partial charge is 0.276 e. The van der Waals surface area contributed by atoms with Crippen LogP contribution < -0.4 is 15.6 Å². The molecule has 7 nitrogen and oxygen atoms in total. The Morgan fingerprint density at radius 3 is 2.33 bits per heavy atom. The summed E-state index contributed by atoms with van der Waals surface area (Å²) in [6, 6.07) is 10.2. The topological polar surface area (TPSA) is 93.2 Å². The van der Waals surface area contributed by atoms with Crippen LogP contribution in [0.1, 0.15) is 21.7 Å². The van der Waals surface area contributed by atoms with E-state index in [9.17, 15) is 14.0 Å². The van der Waals surface area contributed by atoms with E-state index >= 15 is 0 Å². The zero-order valence-corrected chi connectivity index (χ0v) is 14.7. The van der Waals surface area contributed by atoms with Crippen LogP contribution in [0, 0.1) is 19.7 Å². The van der Waals surface area contributed by atoms with E-state index in [1.165, 1.54) is 24.3 Å². The highest BCUT2D eigenvalue weighted by Crippen LogP contribution is 2.14.